The summed E-state index contributed by atoms with van der Waals surface area (Å²) in [4.78, 5) is 14.5. The second-order valence-corrected chi connectivity index (χ2v) is 10.8. The Morgan fingerprint density at radius 1 is 1.09 bits per heavy atom. The van der Waals surface area contributed by atoms with Crippen LogP contribution in [0.2, 0.25) is 0 Å². The van der Waals surface area contributed by atoms with E-state index in [1.165, 1.54) is 25.7 Å². The van der Waals surface area contributed by atoms with Crippen molar-refractivity contribution in [2.75, 3.05) is 57.5 Å². The van der Waals surface area contributed by atoms with E-state index in [2.05, 4.69) is 88.2 Å². The number of piperazine rings is 1. The molecule has 7 heteroatoms. The van der Waals surface area contributed by atoms with Crippen LogP contribution in [0.5, 0.6) is 0 Å². The third-order valence-corrected chi connectivity index (χ3v) is 8.29. The zero-order chi connectivity index (χ0) is 24.3. The number of anilines is 2. The lowest BCUT2D eigenvalue weighted by atomic mass is 9.86. The normalized spacial score (nSPS) is 28.1. The highest BCUT2D eigenvalue weighted by Crippen LogP contribution is 2.30. The summed E-state index contributed by atoms with van der Waals surface area (Å²) in [7, 11) is 4.29. The fourth-order valence-corrected chi connectivity index (χ4v) is 5.66. The number of hydrogen-bond donors (Lipinski definition) is 3. The van der Waals surface area contributed by atoms with Gasteiger partial charge in [-0.1, -0.05) is 24.3 Å². The summed E-state index contributed by atoms with van der Waals surface area (Å²) in [6.45, 7) is 7.86. The predicted octanol–water partition coefficient (Wildman–Crippen LogP) is 4.08. The van der Waals surface area contributed by atoms with Gasteiger partial charge in [-0.05, 0) is 71.2 Å². The summed E-state index contributed by atoms with van der Waals surface area (Å²) in [6.07, 6.45) is 14.8. The van der Waals surface area contributed by atoms with Crippen molar-refractivity contribution < 1.29 is 0 Å². The van der Waals surface area contributed by atoms with Gasteiger partial charge in [0.1, 0.15) is 0 Å². The summed E-state index contributed by atoms with van der Waals surface area (Å²) in [5.74, 6) is 1.38. The first-order valence-corrected chi connectivity index (χ1v) is 13.3. The molecule has 3 N–H and O–H groups in total. The quantitative estimate of drug-likeness (QED) is 0.557. The van der Waals surface area contributed by atoms with Crippen LogP contribution in [-0.4, -0.2) is 78.2 Å². The molecule has 3 aliphatic rings. The molecule has 0 bridgehead atoms. The lowest BCUT2D eigenvalue weighted by molar-refractivity contribution is 0.0801. The van der Waals surface area contributed by atoms with E-state index in [9.17, 15) is 0 Å². The number of hydrogen-bond acceptors (Lipinski definition) is 7. The Bertz CT molecular complexity index is 1060. The van der Waals surface area contributed by atoms with Crippen LogP contribution in [0.1, 0.15) is 39.0 Å². The van der Waals surface area contributed by atoms with Crippen LogP contribution in [0, 0.1) is 5.92 Å². The van der Waals surface area contributed by atoms with Gasteiger partial charge >= 0.3 is 0 Å². The second-order valence-electron chi connectivity index (χ2n) is 10.8. The minimum atomic E-state index is 0.0834. The molecule has 0 radical (unpaired) electrons. The summed E-state index contributed by atoms with van der Waals surface area (Å²) in [5, 5.41) is 11.6. The minimum Gasteiger partial charge on any atom is -0.383 e. The summed E-state index contributed by atoms with van der Waals surface area (Å²) in [6, 6.07) is 7.00. The molecule has 2 aliphatic carbocycles. The van der Waals surface area contributed by atoms with Gasteiger partial charge in [-0.15, -0.1) is 0 Å². The first-order chi connectivity index (χ1) is 17.0. The number of fused-ring (bicyclic) bond motifs is 1. The molecule has 0 spiro atoms. The van der Waals surface area contributed by atoms with Crippen molar-refractivity contribution in [2.45, 2.75) is 50.6 Å². The van der Waals surface area contributed by atoms with E-state index in [4.69, 9.17) is 4.98 Å². The van der Waals surface area contributed by atoms with Gasteiger partial charge in [0.15, 0.2) is 0 Å². The number of aromatic nitrogens is 2. The van der Waals surface area contributed by atoms with Crippen LogP contribution in [0.15, 0.2) is 48.3 Å². The van der Waals surface area contributed by atoms with Gasteiger partial charge in [0.05, 0.1) is 11.2 Å². The van der Waals surface area contributed by atoms with Crippen molar-refractivity contribution in [1.29, 1.82) is 0 Å². The van der Waals surface area contributed by atoms with E-state index in [1.807, 2.05) is 6.20 Å². The standard InChI is InChI=1S/C28H41N7/c1-28(35-17-15-34(3)16-18-35)13-11-24(12-14-28)32-27-31-20-22-5-4-6-25(26(22)33-27)30-19-21-7-9-23(29-2)10-8-21/h4-6,11-13,20-21,23,29-30H,7-10,14-19H2,1-3H3,(H,31,32,33). The molecule has 1 aromatic carbocycles. The largest absolute Gasteiger partial charge is 0.383 e. The van der Waals surface area contributed by atoms with Gasteiger partial charge < -0.3 is 20.9 Å². The van der Waals surface area contributed by atoms with Gasteiger partial charge in [-0.25, -0.2) is 9.97 Å². The SMILES string of the molecule is CNC1CCC(CNc2cccc3cnc(NC4=CCC(C)(N5CCN(C)CC5)C=C4)nc23)CC1. The lowest BCUT2D eigenvalue weighted by Gasteiger charge is -2.44. The van der Waals surface area contributed by atoms with E-state index in [-0.39, 0.29) is 5.54 Å². The highest BCUT2D eigenvalue weighted by atomic mass is 15.3. The van der Waals surface area contributed by atoms with Gasteiger partial charge in [0.2, 0.25) is 5.95 Å². The maximum absolute atomic E-state index is 4.91. The average Bonchev–Trinajstić information content (AvgIpc) is 2.89. The molecule has 7 nitrogen and oxygen atoms in total. The van der Waals surface area contributed by atoms with E-state index >= 15 is 0 Å². The molecular weight excluding hydrogens is 434 g/mol. The number of nitrogens with zero attached hydrogens (tertiary/aromatic N) is 4. The van der Waals surface area contributed by atoms with E-state index in [0.29, 0.717) is 12.0 Å². The van der Waals surface area contributed by atoms with Crippen LogP contribution in [0.3, 0.4) is 0 Å². The molecule has 2 fully saturated rings. The molecule has 1 saturated carbocycles. The molecule has 2 heterocycles. The number of rotatable bonds is 7. The first-order valence-electron chi connectivity index (χ1n) is 13.3. The van der Waals surface area contributed by atoms with Crippen molar-refractivity contribution >= 4 is 22.5 Å². The van der Waals surface area contributed by atoms with Crippen LogP contribution in [-0.2, 0) is 0 Å². The molecule has 1 unspecified atom stereocenters. The Balaban J connectivity index is 1.23. The molecule has 5 rings (SSSR count). The van der Waals surface area contributed by atoms with Gasteiger partial charge in [-0.3, -0.25) is 4.90 Å². The average molecular weight is 476 g/mol. The lowest BCUT2D eigenvalue weighted by Crippen LogP contribution is -2.54. The summed E-state index contributed by atoms with van der Waals surface area (Å²) < 4.78 is 0. The number of nitrogens with one attached hydrogen (secondary N) is 3. The summed E-state index contributed by atoms with van der Waals surface area (Å²) >= 11 is 0. The first kappa shape index (κ1) is 24.2. The van der Waals surface area contributed by atoms with Gasteiger partial charge in [0.25, 0.3) is 0 Å². The van der Waals surface area contributed by atoms with Crippen molar-refractivity contribution in [3.05, 3.63) is 48.3 Å². The molecule has 35 heavy (non-hydrogen) atoms. The number of benzene rings is 1. The zero-order valence-electron chi connectivity index (χ0n) is 21.6. The molecule has 1 aliphatic heterocycles. The van der Waals surface area contributed by atoms with E-state index in [1.54, 1.807) is 0 Å². The Hall–Kier alpha value is -2.48. The van der Waals surface area contributed by atoms with Crippen LogP contribution in [0.4, 0.5) is 11.6 Å². The highest BCUT2D eigenvalue weighted by molar-refractivity contribution is 5.90. The minimum absolute atomic E-state index is 0.0834. The monoisotopic (exact) mass is 475 g/mol. The number of allylic oxidation sites excluding steroid dienone is 1. The second kappa shape index (κ2) is 10.6. The topological polar surface area (TPSA) is 68.4 Å². The van der Waals surface area contributed by atoms with Crippen LogP contribution < -0.4 is 16.0 Å². The van der Waals surface area contributed by atoms with Crippen molar-refractivity contribution in [3.63, 3.8) is 0 Å². The maximum atomic E-state index is 4.91. The highest BCUT2D eigenvalue weighted by Gasteiger charge is 2.32. The molecule has 2 aromatic rings. The Labute approximate surface area is 210 Å². The van der Waals surface area contributed by atoms with Crippen LogP contribution >= 0.6 is 0 Å². The van der Waals surface area contributed by atoms with Gasteiger partial charge in [-0.2, -0.15) is 0 Å². The molecule has 1 atom stereocenters. The Morgan fingerprint density at radius 2 is 1.89 bits per heavy atom. The maximum Gasteiger partial charge on any atom is 0.227 e. The molecule has 0 amide bonds. The smallest absolute Gasteiger partial charge is 0.227 e. The zero-order valence-corrected chi connectivity index (χ0v) is 21.6. The fourth-order valence-electron chi connectivity index (χ4n) is 5.66. The Morgan fingerprint density at radius 3 is 2.60 bits per heavy atom. The fraction of sp³-hybridized carbons (Fsp3) is 0.571. The molecule has 1 aromatic heterocycles. The molecule has 188 valence electrons. The van der Waals surface area contributed by atoms with E-state index in [0.717, 1.165) is 67.3 Å². The van der Waals surface area contributed by atoms with Gasteiger partial charge in [0, 0.05) is 61.6 Å². The predicted molar refractivity (Wildman–Crippen MR) is 146 cm³/mol. The third kappa shape index (κ3) is 5.68. The number of para-hydroxylation sites is 1. The third-order valence-electron chi connectivity index (χ3n) is 8.29. The van der Waals surface area contributed by atoms with Crippen molar-refractivity contribution in [3.8, 4) is 0 Å². The van der Waals surface area contributed by atoms with Crippen molar-refractivity contribution in [2.24, 2.45) is 5.92 Å². The molecular formula is C28H41N7. The van der Waals surface area contributed by atoms with Crippen molar-refractivity contribution in [1.82, 2.24) is 25.1 Å². The molecule has 1 saturated heterocycles. The number of likely N-dealkylation sites (N-methyl/N-ethyl adjacent to an activating group) is 1. The van der Waals surface area contributed by atoms with E-state index < -0.39 is 0 Å². The van der Waals surface area contributed by atoms with Crippen LogP contribution in [0.25, 0.3) is 10.9 Å². The summed E-state index contributed by atoms with van der Waals surface area (Å²) in [5.41, 5.74) is 3.24. The Kier molecular flexibility index (Phi) is 7.37.